The Hall–Kier alpha value is -0.576. The summed E-state index contributed by atoms with van der Waals surface area (Å²) in [5, 5.41) is 0. The molecule has 0 radical (unpaired) electrons. The molecule has 0 spiro atoms. The highest BCUT2D eigenvalue weighted by atomic mass is 28.4. The van der Waals surface area contributed by atoms with Crippen molar-refractivity contribution in [1.29, 1.82) is 0 Å². The molecule has 1 rings (SSSR count). The molecule has 2 unspecified atom stereocenters. The number of aromatic nitrogens is 1. The van der Waals surface area contributed by atoms with Gasteiger partial charge in [0.25, 0.3) is 0 Å². The summed E-state index contributed by atoms with van der Waals surface area (Å²) >= 11 is 0. The molecular weight excluding hydrogens is 454 g/mol. The van der Waals surface area contributed by atoms with Crippen LogP contribution < -0.4 is 0 Å². The minimum Gasteiger partial charge on any atom is -0.395 e. The van der Waals surface area contributed by atoms with Crippen LogP contribution in [0.5, 0.6) is 0 Å². The van der Waals surface area contributed by atoms with Crippen LogP contribution in [0.15, 0.2) is 18.2 Å². The fourth-order valence-electron chi connectivity index (χ4n) is 4.86. The average molecular weight is 510 g/mol. The zero-order chi connectivity index (χ0) is 26.2. The summed E-state index contributed by atoms with van der Waals surface area (Å²) in [4.78, 5) is 10.3. The topological polar surface area (TPSA) is 37.8 Å². The highest BCUT2D eigenvalue weighted by Gasteiger charge is 2.43. The molecule has 0 saturated carbocycles. The van der Waals surface area contributed by atoms with Crippen LogP contribution in [-0.2, 0) is 20.3 Å². The lowest BCUT2D eigenvalue weighted by Crippen LogP contribution is -2.54. The quantitative estimate of drug-likeness (QED) is 0.172. The molecule has 0 aromatic carbocycles. The second kappa shape index (κ2) is 13.1. The van der Waals surface area contributed by atoms with Crippen molar-refractivity contribution in [2.75, 3.05) is 26.2 Å². The van der Waals surface area contributed by atoms with Gasteiger partial charge < -0.3 is 8.85 Å². The van der Waals surface area contributed by atoms with Crippen LogP contribution >= 0.6 is 0 Å². The van der Waals surface area contributed by atoms with Gasteiger partial charge in [0, 0.05) is 26.2 Å². The molecule has 1 aromatic rings. The smallest absolute Gasteiger partial charge is 0.186 e. The van der Waals surface area contributed by atoms with Crippen molar-refractivity contribution in [2.45, 2.75) is 118 Å². The van der Waals surface area contributed by atoms with Crippen LogP contribution in [0.2, 0.25) is 39.3 Å². The van der Waals surface area contributed by atoms with E-state index in [0.29, 0.717) is 0 Å². The third-order valence-electron chi connectivity index (χ3n) is 5.89. The largest absolute Gasteiger partial charge is 0.395 e. The van der Waals surface area contributed by atoms with Crippen LogP contribution in [0, 0.1) is 0 Å². The van der Waals surface area contributed by atoms with Gasteiger partial charge >= 0.3 is 0 Å². The molecule has 1 heterocycles. The maximum atomic E-state index is 6.96. The van der Waals surface area contributed by atoms with E-state index in [1.165, 1.54) is 0 Å². The van der Waals surface area contributed by atoms with Gasteiger partial charge in [-0.15, -0.1) is 0 Å². The summed E-state index contributed by atoms with van der Waals surface area (Å²) in [5.74, 6) is 0. The number of hydrogen-bond acceptors (Lipinski definition) is 5. The highest BCUT2D eigenvalue weighted by Crippen LogP contribution is 2.37. The second-order valence-electron chi connectivity index (χ2n) is 11.8. The van der Waals surface area contributed by atoms with Crippen LogP contribution in [-0.4, -0.2) is 57.6 Å². The molecule has 34 heavy (non-hydrogen) atoms. The predicted molar refractivity (Wildman–Crippen MR) is 152 cm³/mol. The van der Waals surface area contributed by atoms with E-state index >= 15 is 0 Å². The molecule has 5 nitrogen and oxygen atoms in total. The molecule has 0 amide bonds. The lowest BCUT2D eigenvalue weighted by molar-refractivity contribution is -0.0962. The van der Waals surface area contributed by atoms with Crippen LogP contribution in [0.4, 0.5) is 0 Å². The molecule has 0 aliphatic carbocycles. The molecule has 0 bridgehead atoms. The van der Waals surface area contributed by atoms with E-state index < -0.39 is 28.1 Å². The van der Waals surface area contributed by atoms with Gasteiger partial charge in [-0.3, -0.25) is 9.80 Å². The molecule has 7 heteroatoms. The SMILES string of the molecule is CCCN(CCC)C(C)(O[Si](C)(C)C)c1cccc(C(C)(O[Si](C)(C)C)N(CCC)CCC)n1. The highest BCUT2D eigenvalue weighted by molar-refractivity contribution is 6.70. The van der Waals surface area contributed by atoms with Crippen molar-refractivity contribution in [2.24, 2.45) is 0 Å². The standard InChI is InChI=1S/C27H55N3O2Si2/c1-13-20-29(21-14-2)26(5,31-33(7,8)9)24-18-17-19-25(28-24)27(6,32-34(10,11)12)30(22-15-3)23-16-4/h17-19H,13-16,20-23H2,1-12H3. The summed E-state index contributed by atoms with van der Waals surface area (Å²) < 4.78 is 13.9. The van der Waals surface area contributed by atoms with Crippen molar-refractivity contribution >= 4 is 16.6 Å². The number of pyridine rings is 1. The Morgan fingerprint density at radius 1 is 0.647 bits per heavy atom. The minimum absolute atomic E-state index is 0.563. The summed E-state index contributed by atoms with van der Waals surface area (Å²) in [6.07, 6.45) is 4.34. The van der Waals surface area contributed by atoms with Gasteiger partial charge in [-0.05, 0) is 90.9 Å². The van der Waals surface area contributed by atoms with Crippen molar-refractivity contribution in [3.05, 3.63) is 29.6 Å². The first-order valence-corrected chi connectivity index (χ1v) is 20.4. The third-order valence-corrected chi connectivity index (χ3v) is 7.91. The monoisotopic (exact) mass is 509 g/mol. The molecule has 1 aromatic heterocycles. The van der Waals surface area contributed by atoms with Gasteiger partial charge in [-0.25, -0.2) is 4.98 Å². The number of hydrogen-bond donors (Lipinski definition) is 0. The molecule has 2 atom stereocenters. The normalized spacial score (nSPS) is 16.6. The summed E-state index contributed by atoms with van der Waals surface area (Å²) in [6, 6.07) is 6.46. The Kier molecular flexibility index (Phi) is 12.1. The van der Waals surface area contributed by atoms with Crippen LogP contribution in [0.25, 0.3) is 0 Å². The van der Waals surface area contributed by atoms with Crippen molar-refractivity contribution in [1.82, 2.24) is 14.8 Å². The molecule has 0 saturated heterocycles. The first kappa shape index (κ1) is 31.5. The molecule has 0 N–H and O–H groups in total. The second-order valence-corrected chi connectivity index (χ2v) is 20.6. The Morgan fingerprint density at radius 3 is 1.18 bits per heavy atom. The van der Waals surface area contributed by atoms with Crippen LogP contribution in [0.1, 0.15) is 78.6 Å². The predicted octanol–water partition coefficient (Wildman–Crippen LogP) is 7.37. The molecular formula is C27H55N3O2Si2. The summed E-state index contributed by atoms with van der Waals surface area (Å²) in [5.41, 5.74) is 0.861. The van der Waals surface area contributed by atoms with Gasteiger partial charge in [0.2, 0.25) is 0 Å². The van der Waals surface area contributed by atoms with Crippen molar-refractivity contribution < 1.29 is 8.85 Å². The van der Waals surface area contributed by atoms with Gasteiger partial charge in [0.1, 0.15) is 0 Å². The lowest BCUT2D eigenvalue weighted by atomic mass is 10.0. The van der Waals surface area contributed by atoms with Gasteiger partial charge in [0.15, 0.2) is 28.1 Å². The van der Waals surface area contributed by atoms with E-state index in [0.717, 1.165) is 63.3 Å². The van der Waals surface area contributed by atoms with Crippen molar-refractivity contribution in [3.8, 4) is 0 Å². The van der Waals surface area contributed by atoms with Gasteiger partial charge in [-0.2, -0.15) is 0 Å². The Labute approximate surface area is 213 Å². The van der Waals surface area contributed by atoms with Crippen molar-refractivity contribution in [3.63, 3.8) is 0 Å². The molecule has 0 aliphatic rings. The maximum absolute atomic E-state index is 6.96. The first-order chi connectivity index (χ1) is 15.7. The minimum atomic E-state index is -1.86. The Bertz CT molecular complexity index is 666. The lowest BCUT2D eigenvalue weighted by Gasteiger charge is -2.46. The molecule has 198 valence electrons. The third kappa shape index (κ3) is 8.82. The Morgan fingerprint density at radius 2 is 0.941 bits per heavy atom. The fourth-order valence-corrected chi connectivity index (χ4v) is 7.71. The van der Waals surface area contributed by atoms with Gasteiger partial charge in [-0.1, -0.05) is 33.8 Å². The van der Waals surface area contributed by atoms with Gasteiger partial charge in [0.05, 0.1) is 11.4 Å². The number of nitrogens with zero attached hydrogens (tertiary/aromatic N) is 3. The van der Waals surface area contributed by atoms with E-state index in [4.69, 9.17) is 13.8 Å². The molecule has 0 fully saturated rings. The average Bonchev–Trinajstić information content (AvgIpc) is 2.71. The van der Waals surface area contributed by atoms with E-state index in [1.54, 1.807) is 0 Å². The van der Waals surface area contributed by atoms with E-state index in [-0.39, 0.29) is 0 Å². The van der Waals surface area contributed by atoms with Crippen LogP contribution in [0.3, 0.4) is 0 Å². The van der Waals surface area contributed by atoms with E-state index in [2.05, 4.69) is 109 Å². The zero-order valence-corrected chi connectivity index (χ0v) is 26.5. The molecule has 0 aliphatic heterocycles. The zero-order valence-electron chi connectivity index (χ0n) is 24.5. The van der Waals surface area contributed by atoms with E-state index in [1.807, 2.05) is 0 Å². The summed E-state index contributed by atoms with van der Waals surface area (Å²) in [7, 11) is -3.72. The fraction of sp³-hybridized carbons (Fsp3) is 0.815. The van der Waals surface area contributed by atoms with E-state index in [9.17, 15) is 0 Å². The Balaban J connectivity index is 3.73. The summed E-state index contributed by atoms with van der Waals surface area (Å²) in [6.45, 7) is 31.0. The number of rotatable bonds is 16. The first-order valence-electron chi connectivity index (χ1n) is 13.5. The maximum Gasteiger partial charge on any atom is 0.186 e.